The van der Waals surface area contributed by atoms with E-state index in [0.717, 1.165) is 24.1 Å². The Balaban J connectivity index is 1.56. The molecule has 2 aromatic rings. The summed E-state index contributed by atoms with van der Waals surface area (Å²) in [6.07, 6.45) is 1.67. The Labute approximate surface area is 198 Å². The lowest BCUT2D eigenvalue weighted by Gasteiger charge is -2.37. The van der Waals surface area contributed by atoms with Crippen molar-refractivity contribution in [3.8, 4) is 11.5 Å². The lowest BCUT2D eigenvalue weighted by molar-refractivity contribution is -0.137. The maximum Gasteiger partial charge on any atom is 0.253 e. The summed E-state index contributed by atoms with van der Waals surface area (Å²) in [7, 11) is 3.04. The lowest BCUT2D eigenvalue weighted by atomic mass is 9.75. The second-order valence-corrected chi connectivity index (χ2v) is 9.29. The third-order valence-corrected chi connectivity index (χ3v) is 8.09. The van der Waals surface area contributed by atoms with Gasteiger partial charge in [0.05, 0.1) is 31.7 Å². The standard InChI is InChI=1S/C26H27N3O5/c1-4-27-17-9-6-5-8-16(17)26(25(27)32)22-21(18-10-7-13-28(18)26)23(30)29(24(22)31)19-14-15(33-2)11-12-20(19)34-3/h5-6,8-9,11-12,14,18,21-22H,4,7,10,13H2,1-3H3. The van der Waals surface area contributed by atoms with Gasteiger partial charge in [0.2, 0.25) is 11.8 Å². The fourth-order valence-corrected chi connectivity index (χ4v) is 6.86. The molecule has 0 radical (unpaired) electrons. The van der Waals surface area contributed by atoms with Gasteiger partial charge in [0.25, 0.3) is 5.91 Å². The monoisotopic (exact) mass is 461 g/mol. The maximum absolute atomic E-state index is 14.2. The number of likely N-dealkylation sites (N-methyl/N-ethyl adjacent to an activating group) is 1. The van der Waals surface area contributed by atoms with Gasteiger partial charge >= 0.3 is 0 Å². The smallest absolute Gasteiger partial charge is 0.253 e. The quantitative estimate of drug-likeness (QED) is 0.652. The Hall–Kier alpha value is -3.39. The fraction of sp³-hybridized carbons (Fsp3) is 0.423. The topological polar surface area (TPSA) is 79.4 Å². The van der Waals surface area contributed by atoms with Gasteiger partial charge in [-0.25, -0.2) is 4.90 Å². The van der Waals surface area contributed by atoms with Crippen molar-refractivity contribution in [1.29, 1.82) is 0 Å². The summed E-state index contributed by atoms with van der Waals surface area (Å²) in [6, 6.07) is 12.6. The Morgan fingerprint density at radius 1 is 1.00 bits per heavy atom. The van der Waals surface area contributed by atoms with Crippen LogP contribution in [-0.4, -0.2) is 56.0 Å². The number of fused-ring (bicyclic) bond motifs is 7. The van der Waals surface area contributed by atoms with Crippen molar-refractivity contribution in [2.24, 2.45) is 11.8 Å². The van der Waals surface area contributed by atoms with Gasteiger partial charge < -0.3 is 14.4 Å². The van der Waals surface area contributed by atoms with Gasteiger partial charge in [-0.2, -0.15) is 0 Å². The molecule has 8 heteroatoms. The molecule has 3 fully saturated rings. The number of nitrogens with zero attached hydrogens (tertiary/aromatic N) is 3. The predicted molar refractivity (Wildman–Crippen MR) is 125 cm³/mol. The first-order valence-electron chi connectivity index (χ1n) is 11.8. The van der Waals surface area contributed by atoms with Crippen molar-refractivity contribution in [3.05, 3.63) is 48.0 Å². The number of methoxy groups -OCH3 is 2. The molecule has 4 aliphatic heterocycles. The van der Waals surface area contributed by atoms with Crippen LogP contribution in [0.5, 0.6) is 11.5 Å². The number of benzene rings is 2. The summed E-state index contributed by atoms with van der Waals surface area (Å²) in [5.74, 6) is -1.16. The lowest BCUT2D eigenvalue weighted by Crippen LogP contribution is -2.56. The number of carbonyl (C=O) groups excluding carboxylic acids is 3. The minimum Gasteiger partial charge on any atom is -0.497 e. The highest BCUT2D eigenvalue weighted by Gasteiger charge is 2.75. The molecule has 0 saturated carbocycles. The Kier molecular flexibility index (Phi) is 4.55. The highest BCUT2D eigenvalue weighted by atomic mass is 16.5. The normalized spacial score (nSPS) is 29.7. The van der Waals surface area contributed by atoms with Crippen LogP contribution in [0.25, 0.3) is 0 Å². The van der Waals surface area contributed by atoms with Crippen molar-refractivity contribution in [1.82, 2.24) is 4.90 Å². The number of para-hydroxylation sites is 1. The number of imide groups is 1. The van der Waals surface area contributed by atoms with Gasteiger partial charge in [-0.3, -0.25) is 19.3 Å². The molecule has 4 heterocycles. The van der Waals surface area contributed by atoms with E-state index in [1.54, 1.807) is 23.1 Å². The zero-order valence-corrected chi connectivity index (χ0v) is 19.5. The molecule has 3 saturated heterocycles. The maximum atomic E-state index is 14.2. The van der Waals surface area contributed by atoms with Crippen LogP contribution < -0.4 is 19.3 Å². The van der Waals surface area contributed by atoms with E-state index in [2.05, 4.69) is 4.90 Å². The predicted octanol–water partition coefficient (Wildman–Crippen LogP) is 2.55. The SMILES string of the molecule is CCN1C(=O)C2(c3ccccc31)C1C(=O)N(c3cc(OC)ccc3OC)C(=O)C1C1CCCN12. The second kappa shape index (κ2) is 7.30. The Morgan fingerprint density at radius 3 is 2.53 bits per heavy atom. The molecule has 0 aromatic heterocycles. The van der Waals surface area contributed by atoms with E-state index in [-0.39, 0.29) is 23.8 Å². The van der Waals surface area contributed by atoms with E-state index in [1.807, 2.05) is 31.2 Å². The number of anilines is 2. The van der Waals surface area contributed by atoms with Crippen LogP contribution in [0.1, 0.15) is 25.3 Å². The molecule has 4 atom stereocenters. The molecule has 8 nitrogen and oxygen atoms in total. The fourth-order valence-electron chi connectivity index (χ4n) is 6.86. The van der Waals surface area contributed by atoms with Crippen LogP contribution in [0, 0.1) is 11.8 Å². The third-order valence-electron chi connectivity index (χ3n) is 8.09. The average Bonchev–Trinajstić information content (AvgIpc) is 3.56. The molecule has 176 valence electrons. The summed E-state index contributed by atoms with van der Waals surface area (Å²) >= 11 is 0. The zero-order valence-electron chi connectivity index (χ0n) is 19.5. The molecule has 6 rings (SSSR count). The molecule has 3 amide bonds. The first-order valence-corrected chi connectivity index (χ1v) is 11.8. The molecule has 0 N–H and O–H groups in total. The summed E-state index contributed by atoms with van der Waals surface area (Å²) in [5, 5.41) is 0. The van der Waals surface area contributed by atoms with Gasteiger partial charge in [0, 0.05) is 29.9 Å². The number of amides is 3. The second-order valence-electron chi connectivity index (χ2n) is 9.29. The van der Waals surface area contributed by atoms with Gasteiger partial charge in [0.15, 0.2) is 0 Å². The molecule has 4 unspecified atom stereocenters. The van der Waals surface area contributed by atoms with Gasteiger partial charge in [-0.15, -0.1) is 0 Å². The molecule has 4 aliphatic rings. The molecular weight excluding hydrogens is 434 g/mol. The minimum absolute atomic E-state index is 0.101. The largest absolute Gasteiger partial charge is 0.497 e. The average molecular weight is 462 g/mol. The summed E-state index contributed by atoms with van der Waals surface area (Å²) in [5.41, 5.74) is 0.865. The number of hydrogen-bond acceptors (Lipinski definition) is 6. The Bertz CT molecular complexity index is 1230. The summed E-state index contributed by atoms with van der Waals surface area (Å²) in [6.45, 7) is 3.14. The van der Waals surface area contributed by atoms with Crippen LogP contribution in [-0.2, 0) is 19.9 Å². The van der Waals surface area contributed by atoms with Crippen molar-refractivity contribution >= 4 is 29.1 Å². The van der Waals surface area contributed by atoms with Crippen molar-refractivity contribution in [2.75, 3.05) is 37.1 Å². The minimum atomic E-state index is -1.16. The van der Waals surface area contributed by atoms with E-state index in [4.69, 9.17) is 9.47 Å². The first kappa shape index (κ1) is 21.2. The number of ether oxygens (including phenoxy) is 2. The van der Waals surface area contributed by atoms with E-state index in [9.17, 15) is 14.4 Å². The molecule has 2 aromatic carbocycles. The summed E-state index contributed by atoms with van der Waals surface area (Å²) in [4.78, 5) is 47.5. The van der Waals surface area contributed by atoms with E-state index < -0.39 is 17.4 Å². The van der Waals surface area contributed by atoms with Crippen LogP contribution in [0.4, 0.5) is 11.4 Å². The molecule has 0 aliphatic carbocycles. The van der Waals surface area contributed by atoms with Gasteiger partial charge in [0.1, 0.15) is 17.0 Å². The van der Waals surface area contributed by atoms with E-state index in [0.29, 0.717) is 30.3 Å². The van der Waals surface area contributed by atoms with Crippen molar-refractivity contribution in [3.63, 3.8) is 0 Å². The van der Waals surface area contributed by atoms with Gasteiger partial charge in [-0.05, 0) is 44.5 Å². The third kappa shape index (κ3) is 2.34. The summed E-state index contributed by atoms with van der Waals surface area (Å²) < 4.78 is 10.9. The molecular formula is C26H27N3O5. The Morgan fingerprint density at radius 2 is 1.79 bits per heavy atom. The van der Waals surface area contributed by atoms with Crippen LogP contribution in [0.15, 0.2) is 42.5 Å². The highest BCUT2D eigenvalue weighted by molar-refractivity contribution is 6.26. The van der Waals surface area contributed by atoms with E-state index in [1.165, 1.54) is 19.1 Å². The van der Waals surface area contributed by atoms with Crippen molar-refractivity contribution < 1.29 is 23.9 Å². The molecule has 1 spiro atoms. The van der Waals surface area contributed by atoms with Gasteiger partial charge in [-0.1, -0.05) is 18.2 Å². The van der Waals surface area contributed by atoms with Crippen molar-refractivity contribution in [2.45, 2.75) is 31.3 Å². The van der Waals surface area contributed by atoms with Crippen LogP contribution in [0.3, 0.4) is 0 Å². The number of hydrogen-bond donors (Lipinski definition) is 0. The first-order chi connectivity index (χ1) is 16.5. The molecule has 0 bridgehead atoms. The zero-order chi connectivity index (χ0) is 23.8. The number of carbonyl (C=O) groups is 3. The van der Waals surface area contributed by atoms with Crippen LogP contribution >= 0.6 is 0 Å². The van der Waals surface area contributed by atoms with E-state index >= 15 is 0 Å². The number of rotatable bonds is 4. The highest BCUT2D eigenvalue weighted by Crippen LogP contribution is 2.62. The van der Waals surface area contributed by atoms with Crippen LogP contribution in [0.2, 0.25) is 0 Å². The molecule has 34 heavy (non-hydrogen) atoms.